The smallest absolute Gasteiger partial charge is 0.143 e. The van der Waals surface area contributed by atoms with Crippen molar-refractivity contribution in [1.29, 1.82) is 0 Å². The summed E-state index contributed by atoms with van der Waals surface area (Å²) in [5.41, 5.74) is 11.4. The molecule has 0 unspecified atom stereocenters. The van der Waals surface area contributed by atoms with Crippen LogP contribution in [0.25, 0.3) is 142 Å². The van der Waals surface area contributed by atoms with Gasteiger partial charge in [-0.2, -0.15) is 0 Å². The largest absolute Gasteiger partial charge is 0.455 e. The van der Waals surface area contributed by atoms with Gasteiger partial charge in [0.15, 0.2) is 0 Å². The summed E-state index contributed by atoms with van der Waals surface area (Å²) in [5.74, 6) is 0. The minimum absolute atomic E-state index is 0.891. The SMILES string of the molecule is c1ccc(-c2ccc3ccc4c(-c5cc(-c6ccc(-c7cc8ccc9ccccc9c8c8ccccc78)cc6)cc6oc7c8ccccc8ccc7c56)ccc5ccc2c3c54)cc1. The Morgan fingerprint density at radius 2 is 0.762 bits per heavy atom. The van der Waals surface area contributed by atoms with Crippen LogP contribution in [-0.4, -0.2) is 0 Å². The second kappa shape index (κ2) is 13.1. The number of hydrogen-bond donors (Lipinski definition) is 0. The molecule has 0 saturated carbocycles. The van der Waals surface area contributed by atoms with Crippen molar-refractivity contribution in [3.05, 3.63) is 218 Å². The Hall–Kier alpha value is -8.26. The molecule has 0 N–H and O–H groups in total. The Bertz CT molecular complexity index is 4170. The maximum atomic E-state index is 6.99. The van der Waals surface area contributed by atoms with E-state index in [9.17, 15) is 0 Å². The van der Waals surface area contributed by atoms with Crippen LogP contribution in [-0.2, 0) is 0 Å². The molecule has 14 aromatic rings. The van der Waals surface area contributed by atoms with Gasteiger partial charge < -0.3 is 4.42 Å². The number of hydrogen-bond acceptors (Lipinski definition) is 1. The van der Waals surface area contributed by atoms with Crippen LogP contribution in [0.5, 0.6) is 0 Å². The fourth-order valence-electron chi connectivity index (χ4n) is 10.9. The van der Waals surface area contributed by atoms with Gasteiger partial charge in [-0.1, -0.05) is 194 Å². The van der Waals surface area contributed by atoms with Crippen LogP contribution in [0.1, 0.15) is 0 Å². The molecule has 0 aliphatic heterocycles. The van der Waals surface area contributed by atoms with Crippen molar-refractivity contribution in [2.75, 3.05) is 0 Å². The summed E-state index contributed by atoms with van der Waals surface area (Å²) in [6.07, 6.45) is 0. The molecule has 0 aliphatic rings. The molecule has 0 saturated heterocycles. The standard InChI is InChI=1S/C62H36O/c1-2-10-38(11-3-1)46-29-25-42-28-32-53-50(30-26-43-27-31-52(46)59(42)60(43)53)56-35-45(36-57-61(56)54-33-24-40-13-5-7-15-48(40)62(54)63-57)37-18-20-41(21-19-37)55-34-44-23-22-39-12-4-6-14-47(39)58(44)51-17-9-8-16-49(51)55/h1-36H. The first-order valence-corrected chi connectivity index (χ1v) is 21.8. The second-order valence-corrected chi connectivity index (χ2v) is 17.1. The van der Waals surface area contributed by atoms with Crippen LogP contribution < -0.4 is 0 Å². The maximum Gasteiger partial charge on any atom is 0.143 e. The van der Waals surface area contributed by atoms with Gasteiger partial charge in [-0.05, 0) is 139 Å². The molecule has 0 amide bonds. The van der Waals surface area contributed by atoms with Crippen molar-refractivity contribution < 1.29 is 4.42 Å². The molecule has 14 rings (SSSR count). The first kappa shape index (κ1) is 34.5. The molecule has 0 bridgehead atoms. The minimum Gasteiger partial charge on any atom is -0.455 e. The summed E-state index contributed by atoms with van der Waals surface area (Å²) in [7, 11) is 0. The molecule has 1 aromatic heterocycles. The monoisotopic (exact) mass is 796 g/mol. The molecule has 13 aromatic carbocycles. The fourth-order valence-corrected chi connectivity index (χ4v) is 10.9. The van der Waals surface area contributed by atoms with E-state index in [-0.39, 0.29) is 0 Å². The predicted molar refractivity (Wildman–Crippen MR) is 269 cm³/mol. The highest BCUT2D eigenvalue weighted by Gasteiger charge is 2.21. The van der Waals surface area contributed by atoms with E-state index in [1.807, 2.05) is 0 Å². The molecule has 290 valence electrons. The van der Waals surface area contributed by atoms with E-state index in [1.165, 1.54) is 103 Å². The Morgan fingerprint density at radius 3 is 1.54 bits per heavy atom. The van der Waals surface area contributed by atoms with Gasteiger partial charge in [0, 0.05) is 16.2 Å². The summed E-state index contributed by atoms with van der Waals surface area (Å²) < 4.78 is 6.99. The van der Waals surface area contributed by atoms with Crippen LogP contribution in [0.2, 0.25) is 0 Å². The molecule has 1 nitrogen and oxygen atoms in total. The summed E-state index contributed by atoms with van der Waals surface area (Å²) >= 11 is 0. The third-order valence-corrected chi connectivity index (χ3v) is 13.8. The lowest BCUT2D eigenvalue weighted by Crippen LogP contribution is -1.90. The van der Waals surface area contributed by atoms with E-state index in [1.54, 1.807) is 0 Å². The highest BCUT2D eigenvalue weighted by atomic mass is 16.3. The number of furan rings is 1. The number of benzene rings is 13. The van der Waals surface area contributed by atoms with Gasteiger partial charge in [0.05, 0.1) is 0 Å². The molecule has 0 fully saturated rings. The van der Waals surface area contributed by atoms with Crippen LogP contribution in [0, 0.1) is 0 Å². The minimum atomic E-state index is 0.891. The number of rotatable bonds is 4. The van der Waals surface area contributed by atoms with E-state index < -0.39 is 0 Å². The summed E-state index contributed by atoms with van der Waals surface area (Å²) in [6.45, 7) is 0. The molecule has 0 atom stereocenters. The molecule has 1 heteroatoms. The lowest BCUT2D eigenvalue weighted by molar-refractivity contribution is 0.673. The van der Waals surface area contributed by atoms with Crippen molar-refractivity contribution in [3.8, 4) is 44.5 Å². The molecular formula is C62H36O. The van der Waals surface area contributed by atoms with Gasteiger partial charge >= 0.3 is 0 Å². The van der Waals surface area contributed by atoms with Gasteiger partial charge in [-0.3, -0.25) is 0 Å². The lowest BCUT2D eigenvalue weighted by atomic mass is 9.86. The third kappa shape index (κ3) is 5.05. The highest BCUT2D eigenvalue weighted by Crippen LogP contribution is 2.47. The highest BCUT2D eigenvalue weighted by molar-refractivity contribution is 6.30. The average molecular weight is 797 g/mol. The lowest BCUT2D eigenvalue weighted by Gasteiger charge is -2.17. The van der Waals surface area contributed by atoms with Crippen molar-refractivity contribution in [2.45, 2.75) is 0 Å². The van der Waals surface area contributed by atoms with Gasteiger partial charge in [-0.25, -0.2) is 0 Å². The van der Waals surface area contributed by atoms with Crippen molar-refractivity contribution in [3.63, 3.8) is 0 Å². The van der Waals surface area contributed by atoms with E-state index in [0.717, 1.165) is 38.5 Å². The van der Waals surface area contributed by atoms with E-state index in [4.69, 9.17) is 4.42 Å². The van der Waals surface area contributed by atoms with Crippen LogP contribution in [0.4, 0.5) is 0 Å². The van der Waals surface area contributed by atoms with Crippen LogP contribution in [0.3, 0.4) is 0 Å². The maximum absolute atomic E-state index is 6.99. The topological polar surface area (TPSA) is 13.1 Å². The number of fused-ring (bicyclic) bond motifs is 10. The summed E-state index contributed by atoms with van der Waals surface area (Å²) in [6, 6.07) is 80.6. The van der Waals surface area contributed by atoms with Crippen LogP contribution in [0.15, 0.2) is 223 Å². The molecule has 0 spiro atoms. The van der Waals surface area contributed by atoms with Crippen molar-refractivity contribution in [2.24, 2.45) is 0 Å². The Morgan fingerprint density at radius 1 is 0.222 bits per heavy atom. The molecule has 0 aliphatic carbocycles. The van der Waals surface area contributed by atoms with Gasteiger partial charge in [0.2, 0.25) is 0 Å². The molecule has 0 radical (unpaired) electrons. The Kier molecular flexibility index (Phi) is 7.17. The fraction of sp³-hybridized carbons (Fsp3) is 0. The Balaban J connectivity index is 0.991. The summed E-state index contributed by atoms with van der Waals surface area (Å²) in [5, 5.41) is 19.9. The first-order valence-electron chi connectivity index (χ1n) is 21.8. The normalized spacial score (nSPS) is 12.1. The zero-order valence-electron chi connectivity index (χ0n) is 34.2. The van der Waals surface area contributed by atoms with Gasteiger partial charge in [0.1, 0.15) is 11.2 Å². The average Bonchev–Trinajstić information content (AvgIpc) is 3.74. The van der Waals surface area contributed by atoms with Gasteiger partial charge in [0.25, 0.3) is 0 Å². The predicted octanol–water partition coefficient (Wildman–Crippen LogP) is 17.8. The van der Waals surface area contributed by atoms with Gasteiger partial charge in [-0.15, -0.1) is 0 Å². The zero-order chi connectivity index (χ0) is 41.2. The summed E-state index contributed by atoms with van der Waals surface area (Å²) in [4.78, 5) is 0. The van der Waals surface area contributed by atoms with Crippen molar-refractivity contribution >= 4 is 97.3 Å². The first-order chi connectivity index (χ1) is 31.2. The van der Waals surface area contributed by atoms with E-state index in [0.29, 0.717) is 0 Å². The molecule has 63 heavy (non-hydrogen) atoms. The third-order valence-electron chi connectivity index (χ3n) is 13.8. The zero-order valence-corrected chi connectivity index (χ0v) is 34.2. The molecular weight excluding hydrogens is 761 g/mol. The van der Waals surface area contributed by atoms with E-state index >= 15 is 0 Å². The quantitative estimate of drug-likeness (QED) is 0.162. The Labute approximate surface area is 363 Å². The van der Waals surface area contributed by atoms with Crippen molar-refractivity contribution in [1.82, 2.24) is 0 Å². The van der Waals surface area contributed by atoms with E-state index in [2.05, 4.69) is 218 Å². The second-order valence-electron chi connectivity index (χ2n) is 17.1. The van der Waals surface area contributed by atoms with Crippen LogP contribution >= 0.6 is 0 Å². The molecule has 1 heterocycles.